The van der Waals surface area contributed by atoms with Crippen LogP contribution < -0.4 is 10.6 Å². The van der Waals surface area contributed by atoms with Gasteiger partial charge in [-0.1, -0.05) is 11.6 Å². The summed E-state index contributed by atoms with van der Waals surface area (Å²) in [5.74, 6) is -0.299. The van der Waals surface area contributed by atoms with E-state index in [0.29, 0.717) is 28.4 Å². The van der Waals surface area contributed by atoms with Gasteiger partial charge in [0.2, 0.25) is 5.91 Å². The molecular formula is C13H8BrClN2O2S. The first-order chi connectivity index (χ1) is 9.52. The van der Waals surface area contributed by atoms with Crippen molar-refractivity contribution in [2.24, 2.45) is 0 Å². The highest BCUT2D eigenvalue weighted by Gasteiger charge is 2.20. The van der Waals surface area contributed by atoms with Gasteiger partial charge in [0, 0.05) is 11.1 Å². The van der Waals surface area contributed by atoms with E-state index < -0.39 is 0 Å². The highest BCUT2D eigenvalue weighted by atomic mass is 79.9. The topological polar surface area (TPSA) is 58.2 Å². The number of fused-ring (bicyclic) bond motifs is 1. The molecule has 4 nitrogen and oxygen atoms in total. The van der Waals surface area contributed by atoms with Crippen molar-refractivity contribution in [3.8, 4) is 0 Å². The first-order valence-corrected chi connectivity index (χ1v) is 7.75. The molecule has 1 aliphatic heterocycles. The zero-order chi connectivity index (χ0) is 14.3. The molecule has 2 heterocycles. The van der Waals surface area contributed by atoms with E-state index in [4.69, 9.17) is 11.6 Å². The molecule has 2 amide bonds. The summed E-state index contributed by atoms with van der Waals surface area (Å²) in [4.78, 5) is 23.4. The minimum absolute atomic E-state index is 0.0682. The Morgan fingerprint density at radius 3 is 2.90 bits per heavy atom. The van der Waals surface area contributed by atoms with Crippen LogP contribution in [-0.2, 0) is 11.2 Å². The fourth-order valence-corrected chi connectivity index (χ4v) is 3.32. The maximum atomic E-state index is 12.1. The van der Waals surface area contributed by atoms with Gasteiger partial charge in [-0.25, -0.2) is 0 Å². The zero-order valence-corrected chi connectivity index (χ0v) is 13.2. The standard InChI is InChI=1S/C13H8BrClN2O2S/c14-11-2-7(5-20-11)13(19)17-10-1-6-3-12(18)16-9(6)4-8(10)15/h1-2,4-5H,3H2,(H,16,18)(H,17,19). The molecule has 2 N–H and O–H groups in total. The van der Waals surface area contributed by atoms with Crippen molar-refractivity contribution in [2.75, 3.05) is 10.6 Å². The van der Waals surface area contributed by atoms with E-state index in [1.165, 1.54) is 11.3 Å². The molecule has 20 heavy (non-hydrogen) atoms. The number of amides is 2. The van der Waals surface area contributed by atoms with Gasteiger partial charge in [-0.05, 0) is 39.7 Å². The van der Waals surface area contributed by atoms with Crippen molar-refractivity contribution in [1.82, 2.24) is 0 Å². The molecule has 0 saturated heterocycles. The normalized spacial score (nSPS) is 13.0. The molecule has 0 bridgehead atoms. The fourth-order valence-electron chi connectivity index (χ4n) is 1.97. The number of thiophene rings is 1. The average molecular weight is 372 g/mol. The van der Waals surface area contributed by atoms with Crippen LogP contribution in [0.2, 0.25) is 5.02 Å². The van der Waals surface area contributed by atoms with Gasteiger partial charge < -0.3 is 10.6 Å². The minimum atomic E-state index is -0.230. The number of carbonyl (C=O) groups excluding carboxylic acids is 2. The number of nitrogens with one attached hydrogen (secondary N) is 2. The smallest absolute Gasteiger partial charge is 0.256 e. The number of carbonyl (C=O) groups is 2. The molecule has 2 aromatic rings. The molecule has 7 heteroatoms. The Balaban J connectivity index is 1.86. The van der Waals surface area contributed by atoms with Crippen LogP contribution in [0.3, 0.4) is 0 Å². The third-order valence-corrected chi connectivity index (χ3v) is 4.71. The van der Waals surface area contributed by atoms with Gasteiger partial charge in [-0.2, -0.15) is 0 Å². The molecule has 0 atom stereocenters. The Morgan fingerprint density at radius 2 is 2.20 bits per heavy atom. The quantitative estimate of drug-likeness (QED) is 0.841. The van der Waals surface area contributed by atoms with Gasteiger partial charge >= 0.3 is 0 Å². The summed E-state index contributed by atoms with van der Waals surface area (Å²) in [6, 6.07) is 5.13. The molecule has 102 valence electrons. The Kier molecular flexibility index (Phi) is 3.54. The van der Waals surface area contributed by atoms with Crippen LogP contribution in [0.15, 0.2) is 27.4 Å². The number of hydrogen-bond acceptors (Lipinski definition) is 3. The fraction of sp³-hybridized carbons (Fsp3) is 0.0769. The van der Waals surface area contributed by atoms with Crippen LogP contribution in [0.25, 0.3) is 0 Å². The monoisotopic (exact) mass is 370 g/mol. The van der Waals surface area contributed by atoms with Crippen LogP contribution in [0.5, 0.6) is 0 Å². The molecular weight excluding hydrogens is 364 g/mol. The Labute approximate surface area is 132 Å². The summed E-state index contributed by atoms with van der Waals surface area (Å²) in [6.45, 7) is 0. The first-order valence-electron chi connectivity index (χ1n) is 5.70. The third kappa shape index (κ3) is 2.59. The van der Waals surface area contributed by atoms with Crippen molar-refractivity contribution in [2.45, 2.75) is 6.42 Å². The second-order valence-corrected chi connectivity index (χ2v) is 7.01. The van der Waals surface area contributed by atoms with Gasteiger partial charge in [-0.15, -0.1) is 11.3 Å². The summed E-state index contributed by atoms with van der Waals surface area (Å²) in [5.41, 5.74) is 2.61. The molecule has 0 aliphatic carbocycles. The highest BCUT2D eigenvalue weighted by Crippen LogP contribution is 2.33. The second kappa shape index (κ2) is 5.20. The molecule has 1 aromatic carbocycles. The van der Waals surface area contributed by atoms with E-state index in [9.17, 15) is 9.59 Å². The van der Waals surface area contributed by atoms with Gasteiger partial charge in [0.25, 0.3) is 5.91 Å². The van der Waals surface area contributed by atoms with Gasteiger partial charge in [0.15, 0.2) is 0 Å². The largest absolute Gasteiger partial charge is 0.325 e. The number of rotatable bonds is 2. The third-order valence-electron chi connectivity index (χ3n) is 2.90. The molecule has 1 aliphatic rings. The summed E-state index contributed by atoms with van der Waals surface area (Å²) < 4.78 is 0.887. The summed E-state index contributed by atoms with van der Waals surface area (Å²) in [7, 11) is 0. The molecule has 0 unspecified atom stereocenters. The van der Waals surface area contributed by atoms with Crippen LogP contribution >= 0.6 is 38.9 Å². The Hall–Kier alpha value is -1.37. The van der Waals surface area contributed by atoms with Crippen LogP contribution in [0, 0.1) is 0 Å². The minimum Gasteiger partial charge on any atom is -0.325 e. The molecule has 3 rings (SSSR count). The van der Waals surface area contributed by atoms with Gasteiger partial charge in [0.1, 0.15) is 0 Å². The Morgan fingerprint density at radius 1 is 1.40 bits per heavy atom. The van der Waals surface area contributed by atoms with Crippen molar-refractivity contribution in [3.05, 3.63) is 43.5 Å². The molecule has 0 spiro atoms. The van der Waals surface area contributed by atoms with Crippen molar-refractivity contribution in [3.63, 3.8) is 0 Å². The number of halogens is 2. The van der Waals surface area contributed by atoms with E-state index in [1.807, 2.05) is 0 Å². The number of benzene rings is 1. The lowest BCUT2D eigenvalue weighted by Crippen LogP contribution is -2.11. The van der Waals surface area contributed by atoms with E-state index in [-0.39, 0.29) is 11.8 Å². The van der Waals surface area contributed by atoms with Gasteiger partial charge in [-0.3, -0.25) is 9.59 Å². The molecule has 0 radical (unpaired) electrons. The van der Waals surface area contributed by atoms with E-state index in [0.717, 1.165) is 9.35 Å². The van der Waals surface area contributed by atoms with Crippen LogP contribution in [0.4, 0.5) is 11.4 Å². The maximum absolute atomic E-state index is 12.1. The van der Waals surface area contributed by atoms with E-state index in [2.05, 4.69) is 26.6 Å². The van der Waals surface area contributed by atoms with Crippen molar-refractivity contribution >= 4 is 62.1 Å². The van der Waals surface area contributed by atoms with Crippen molar-refractivity contribution in [1.29, 1.82) is 0 Å². The lowest BCUT2D eigenvalue weighted by atomic mass is 10.1. The predicted octanol–water partition coefficient (Wildman–Crippen LogP) is 3.91. The maximum Gasteiger partial charge on any atom is 0.256 e. The highest BCUT2D eigenvalue weighted by molar-refractivity contribution is 9.11. The Bertz CT molecular complexity index is 729. The predicted molar refractivity (Wildman–Crippen MR) is 83.8 cm³/mol. The van der Waals surface area contributed by atoms with E-state index in [1.54, 1.807) is 23.6 Å². The number of hydrogen-bond donors (Lipinski definition) is 2. The molecule has 0 fully saturated rings. The number of anilines is 2. The zero-order valence-electron chi connectivity index (χ0n) is 10.00. The lowest BCUT2D eigenvalue weighted by molar-refractivity contribution is -0.115. The summed E-state index contributed by atoms with van der Waals surface area (Å²) in [5, 5.41) is 7.63. The molecule has 0 saturated carbocycles. The summed E-state index contributed by atoms with van der Waals surface area (Å²) in [6.07, 6.45) is 0.305. The first kappa shape index (κ1) is 13.6. The average Bonchev–Trinajstić information content (AvgIpc) is 2.95. The summed E-state index contributed by atoms with van der Waals surface area (Å²) >= 11 is 10.9. The van der Waals surface area contributed by atoms with Crippen LogP contribution in [-0.4, -0.2) is 11.8 Å². The van der Waals surface area contributed by atoms with Gasteiger partial charge in [0.05, 0.1) is 26.5 Å². The SMILES string of the molecule is O=C1Cc2cc(NC(=O)c3csc(Br)c3)c(Cl)cc2N1. The van der Waals surface area contributed by atoms with Crippen LogP contribution in [0.1, 0.15) is 15.9 Å². The van der Waals surface area contributed by atoms with Crippen molar-refractivity contribution < 1.29 is 9.59 Å². The van der Waals surface area contributed by atoms with E-state index >= 15 is 0 Å². The second-order valence-electron chi connectivity index (χ2n) is 4.31. The lowest BCUT2D eigenvalue weighted by Gasteiger charge is -2.08. The molecule has 1 aromatic heterocycles.